The van der Waals surface area contributed by atoms with E-state index in [1.807, 2.05) is 33.3 Å². The minimum Gasteiger partial charge on any atom is -0.456 e. The molecule has 10 heteroatoms. The maximum Gasteiger partial charge on any atom is 0.472 e. The maximum absolute atomic E-state index is 13.6. The zero-order valence-electron chi connectivity index (χ0n) is 56.4. The molecule has 3 atom stereocenters. The van der Waals surface area contributed by atoms with Crippen molar-refractivity contribution in [3.8, 4) is 0 Å². The molecule has 0 aliphatic carbocycles. The lowest BCUT2D eigenvalue weighted by molar-refractivity contribution is -0.870. The van der Waals surface area contributed by atoms with Gasteiger partial charge in [-0.2, -0.15) is 0 Å². The number of quaternary nitrogens is 1. The molecule has 84 heavy (non-hydrogen) atoms. The van der Waals surface area contributed by atoms with Gasteiger partial charge in [-0.25, -0.2) is 4.57 Å². The number of amides is 1. The van der Waals surface area contributed by atoms with Gasteiger partial charge in [0.1, 0.15) is 19.3 Å². The molecule has 0 aromatic rings. The van der Waals surface area contributed by atoms with E-state index in [0.717, 1.165) is 70.6 Å². The number of esters is 1. The Bertz CT molecular complexity index is 1620. The molecule has 0 bridgehead atoms. The van der Waals surface area contributed by atoms with Crippen LogP contribution in [-0.2, 0) is 27.9 Å². The van der Waals surface area contributed by atoms with Gasteiger partial charge in [-0.05, 0) is 96.0 Å². The normalized spacial score (nSPS) is 13.8. The summed E-state index contributed by atoms with van der Waals surface area (Å²) in [6, 6.07) is -0.850. The third-order valence-electron chi connectivity index (χ3n) is 16.2. The van der Waals surface area contributed by atoms with E-state index in [1.165, 1.54) is 244 Å². The second-order valence-corrected chi connectivity index (χ2v) is 27.2. The summed E-state index contributed by atoms with van der Waals surface area (Å²) < 4.78 is 30.8. The molecule has 0 fully saturated rings. The molecule has 0 rings (SSSR count). The van der Waals surface area contributed by atoms with E-state index < -0.39 is 20.0 Å². The molecule has 0 aliphatic heterocycles. The second kappa shape index (κ2) is 63.7. The second-order valence-electron chi connectivity index (χ2n) is 25.8. The van der Waals surface area contributed by atoms with Crippen LogP contribution in [0, 0.1) is 0 Å². The van der Waals surface area contributed by atoms with Gasteiger partial charge in [0.2, 0.25) is 5.91 Å². The molecule has 0 aromatic carbocycles. The molecule has 0 saturated carbocycles. The van der Waals surface area contributed by atoms with Crippen LogP contribution in [0.1, 0.15) is 348 Å². The average Bonchev–Trinajstić information content (AvgIpc) is 3.64. The van der Waals surface area contributed by atoms with Gasteiger partial charge in [-0.3, -0.25) is 18.6 Å². The smallest absolute Gasteiger partial charge is 0.456 e. The quantitative estimate of drug-likeness (QED) is 0.0205. The molecule has 0 aromatic heterocycles. The van der Waals surface area contributed by atoms with Gasteiger partial charge < -0.3 is 19.4 Å². The first kappa shape index (κ1) is 81.7. The van der Waals surface area contributed by atoms with E-state index >= 15 is 0 Å². The molecule has 0 aliphatic rings. The van der Waals surface area contributed by atoms with E-state index in [-0.39, 0.29) is 31.5 Å². The van der Waals surface area contributed by atoms with E-state index in [2.05, 4.69) is 74.7 Å². The lowest BCUT2D eigenvalue weighted by atomic mass is 10.0. The fourth-order valence-corrected chi connectivity index (χ4v) is 11.3. The number of carbonyl (C=O) groups is 2. The van der Waals surface area contributed by atoms with Crippen molar-refractivity contribution in [2.24, 2.45) is 0 Å². The summed E-state index contributed by atoms with van der Waals surface area (Å²) in [5.41, 5.74) is 0. The largest absolute Gasteiger partial charge is 0.472 e. The number of phosphoric ester groups is 1. The number of hydrogen-bond donors (Lipinski definition) is 2. The lowest BCUT2D eigenvalue weighted by Gasteiger charge is -2.27. The number of nitrogens with one attached hydrogen (secondary N) is 1. The molecule has 0 heterocycles. The van der Waals surface area contributed by atoms with Crippen molar-refractivity contribution in [2.75, 3.05) is 40.9 Å². The Morgan fingerprint density at radius 1 is 0.417 bits per heavy atom. The summed E-state index contributed by atoms with van der Waals surface area (Å²) in [7, 11) is 1.50. The lowest BCUT2D eigenvalue weighted by Crippen LogP contribution is -2.47. The summed E-state index contributed by atoms with van der Waals surface area (Å²) in [6.07, 6.45) is 82.3. The Balaban J connectivity index is 5.04. The minimum atomic E-state index is -4.45. The summed E-state index contributed by atoms with van der Waals surface area (Å²) in [5, 5.41) is 3.07. The number of nitrogens with zero attached hydrogens (tertiary/aromatic N) is 1. The Morgan fingerprint density at radius 2 is 0.726 bits per heavy atom. The van der Waals surface area contributed by atoms with Crippen LogP contribution in [0.5, 0.6) is 0 Å². The average molecular weight is 1200 g/mol. The maximum atomic E-state index is 13.6. The fraction of sp³-hybridized carbons (Fsp3) is 0.838. The van der Waals surface area contributed by atoms with Gasteiger partial charge >= 0.3 is 13.8 Å². The Hall–Kier alpha value is -2.29. The van der Waals surface area contributed by atoms with E-state index in [1.54, 1.807) is 0 Å². The standard InChI is InChI=1S/C74H139N2O7P/c1-7-10-13-16-19-22-25-28-30-32-34-36-37-38-39-41-43-45-47-49-52-55-58-61-64-67-74(78)83-72(65-62-59-56-53-50-27-24-21-18-15-12-9-3)71(70-82-84(79,80)81-69-68-76(4,5)6)75-73(77)66-63-60-57-54-51-48-46-44-42-40-35-33-31-29-26-23-20-17-14-11-8-2/h19,22,28-31,34,36,62,65,71-72H,7-18,20-21,23-27,32-33,35,37-61,63-64,66-70H2,1-6H3,(H-,75,77,79,80)/p+1/b22-19-,30-28-,31-29+,36-34-,65-62+. The van der Waals surface area contributed by atoms with Crippen molar-refractivity contribution in [1.29, 1.82) is 0 Å². The molecule has 3 unspecified atom stereocenters. The molecule has 2 N–H and O–H groups in total. The Morgan fingerprint density at radius 3 is 1.12 bits per heavy atom. The van der Waals surface area contributed by atoms with Crippen LogP contribution in [0.3, 0.4) is 0 Å². The highest BCUT2D eigenvalue weighted by Gasteiger charge is 2.30. The van der Waals surface area contributed by atoms with Crippen molar-refractivity contribution in [3.63, 3.8) is 0 Å². The fourth-order valence-electron chi connectivity index (χ4n) is 10.6. The summed E-state index contributed by atoms with van der Waals surface area (Å²) in [5.74, 6) is -0.495. The number of carbonyl (C=O) groups excluding carboxylic acids is 2. The van der Waals surface area contributed by atoms with Gasteiger partial charge in [-0.1, -0.05) is 300 Å². The molecule has 9 nitrogen and oxygen atoms in total. The zero-order valence-corrected chi connectivity index (χ0v) is 57.3. The monoisotopic (exact) mass is 1200 g/mol. The topological polar surface area (TPSA) is 111 Å². The predicted octanol–water partition coefficient (Wildman–Crippen LogP) is 23.0. The van der Waals surface area contributed by atoms with Crippen molar-refractivity contribution >= 4 is 19.7 Å². The summed E-state index contributed by atoms with van der Waals surface area (Å²) >= 11 is 0. The van der Waals surface area contributed by atoms with E-state index in [4.69, 9.17) is 13.8 Å². The van der Waals surface area contributed by atoms with Crippen LogP contribution in [0.2, 0.25) is 0 Å². The highest BCUT2D eigenvalue weighted by Crippen LogP contribution is 2.43. The number of phosphoric acid groups is 1. The van der Waals surface area contributed by atoms with Crippen LogP contribution < -0.4 is 5.32 Å². The number of unbranched alkanes of at least 4 members (excludes halogenated alkanes) is 42. The van der Waals surface area contributed by atoms with Crippen molar-refractivity contribution < 1.29 is 37.3 Å². The van der Waals surface area contributed by atoms with E-state index in [9.17, 15) is 19.0 Å². The Kier molecular flexibility index (Phi) is 62.0. The summed E-state index contributed by atoms with van der Waals surface area (Å²) in [4.78, 5) is 37.9. The van der Waals surface area contributed by atoms with Crippen LogP contribution in [0.25, 0.3) is 0 Å². The molecule has 492 valence electrons. The molecule has 1 amide bonds. The molecule has 0 saturated heterocycles. The number of rotatable bonds is 66. The zero-order chi connectivity index (χ0) is 61.4. The van der Waals surface area contributed by atoms with E-state index in [0.29, 0.717) is 17.4 Å². The van der Waals surface area contributed by atoms with Gasteiger partial charge in [-0.15, -0.1) is 0 Å². The van der Waals surface area contributed by atoms with Crippen molar-refractivity contribution in [2.45, 2.75) is 360 Å². The number of likely N-dealkylation sites (N-methyl/N-ethyl adjacent to an activating group) is 1. The first-order chi connectivity index (χ1) is 40.9. The van der Waals surface area contributed by atoms with Gasteiger partial charge in [0, 0.05) is 12.8 Å². The number of allylic oxidation sites excluding steroid dienone is 9. The minimum absolute atomic E-state index is 0.0401. The third kappa shape index (κ3) is 64.2. The van der Waals surface area contributed by atoms with Crippen LogP contribution in [0.4, 0.5) is 0 Å². The molecular formula is C74H140N2O7P+. The highest BCUT2D eigenvalue weighted by molar-refractivity contribution is 7.47. The Labute approximate surface area is 521 Å². The van der Waals surface area contributed by atoms with Crippen LogP contribution in [-0.4, -0.2) is 74.3 Å². The van der Waals surface area contributed by atoms with Gasteiger partial charge in [0.05, 0.1) is 33.8 Å². The molecule has 0 spiro atoms. The number of hydrogen-bond acceptors (Lipinski definition) is 6. The molecule has 0 radical (unpaired) electrons. The van der Waals surface area contributed by atoms with Gasteiger partial charge in [0.25, 0.3) is 0 Å². The predicted molar refractivity (Wildman–Crippen MR) is 365 cm³/mol. The summed E-state index contributed by atoms with van der Waals surface area (Å²) in [6.45, 7) is 7.02. The van der Waals surface area contributed by atoms with Gasteiger partial charge in [0.15, 0.2) is 0 Å². The first-order valence-corrected chi connectivity index (χ1v) is 37.6. The highest BCUT2D eigenvalue weighted by atomic mass is 31.2. The first-order valence-electron chi connectivity index (χ1n) is 36.1. The number of ether oxygens (including phenoxy) is 1. The van der Waals surface area contributed by atoms with Crippen LogP contribution >= 0.6 is 7.82 Å². The van der Waals surface area contributed by atoms with Crippen molar-refractivity contribution in [1.82, 2.24) is 5.32 Å². The van der Waals surface area contributed by atoms with Crippen molar-refractivity contribution in [3.05, 3.63) is 60.8 Å². The van der Waals surface area contributed by atoms with Crippen LogP contribution in [0.15, 0.2) is 60.8 Å². The SMILES string of the molecule is CCCCC/C=C\C/C=C\C/C=C\CCCCCCCCCCCCCCC(=O)OC(/C=C/CCCCCCCCCCCC)C(COP(=O)(O)OCC[N+](C)(C)C)NC(=O)CCCCCCCCCCCCC/C=C/CCCCCCCC. The molecular weight excluding hydrogens is 1060 g/mol. The third-order valence-corrected chi connectivity index (χ3v) is 17.2.